The summed E-state index contributed by atoms with van der Waals surface area (Å²) < 4.78 is 2.51. The van der Waals surface area contributed by atoms with E-state index in [0.717, 1.165) is 55.0 Å². The van der Waals surface area contributed by atoms with Gasteiger partial charge in [-0.1, -0.05) is 0 Å². The van der Waals surface area contributed by atoms with Gasteiger partial charge in [-0.3, -0.25) is 4.79 Å². The topological polar surface area (TPSA) is 90.4 Å². The molecule has 3 aromatic heterocycles. The zero-order valence-electron chi connectivity index (χ0n) is 17.9. The Morgan fingerprint density at radius 3 is 2.94 bits per heavy atom. The van der Waals surface area contributed by atoms with Crippen LogP contribution in [0.3, 0.4) is 0 Å². The number of nitrogens with zero attached hydrogens (tertiary/aromatic N) is 7. The molecule has 5 rings (SSSR count). The minimum atomic E-state index is -0.106. The maximum atomic E-state index is 13.3. The van der Waals surface area contributed by atoms with Crippen LogP contribution in [0.2, 0.25) is 0 Å². The van der Waals surface area contributed by atoms with E-state index in [9.17, 15) is 10.1 Å². The largest absolute Gasteiger partial charge is 0.355 e. The van der Waals surface area contributed by atoms with E-state index in [4.69, 9.17) is 10.1 Å². The molecule has 8 nitrogen and oxygen atoms in total. The fourth-order valence-electron chi connectivity index (χ4n) is 4.72. The summed E-state index contributed by atoms with van der Waals surface area (Å²) in [7, 11) is 0. The Bertz CT molecular complexity index is 1220. The number of likely N-dealkylation sites (tertiary alicyclic amines) is 1. The summed E-state index contributed by atoms with van der Waals surface area (Å²) >= 11 is 3.46. The van der Waals surface area contributed by atoms with Crippen molar-refractivity contribution < 1.29 is 4.79 Å². The van der Waals surface area contributed by atoms with Crippen LogP contribution in [-0.4, -0.2) is 50.0 Å². The van der Waals surface area contributed by atoms with Crippen molar-refractivity contribution in [2.24, 2.45) is 5.92 Å². The molecule has 2 fully saturated rings. The Morgan fingerprint density at radius 1 is 1.28 bits per heavy atom. The number of piperidine rings is 1. The summed E-state index contributed by atoms with van der Waals surface area (Å²) in [5.41, 5.74) is 3.07. The number of aromatic nitrogens is 4. The third-order valence-electron chi connectivity index (χ3n) is 6.36. The Kier molecular flexibility index (Phi) is 5.55. The number of halogens is 1. The van der Waals surface area contributed by atoms with Gasteiger partial charge in [0.25, 0.3) is 5.91 Å². The predicted octanol–water partition coefficient (Wildman–Crippen LogP) is 3.91. The van der Waals surface area contributed by atoms with Crippen LogP contribution in [0.15, 0.2) is 35.1 Å². The first-order chi connectivity index (χ1) is 15.5. The molecule has 0 saturated carbocycles. The van der Waals surface area contributed by atoms with Crippen LogP contribution < -0.4 is 4.90 Å². The molecule has 0 N–H and O–H groups in total. The van der Waals surface area contributed by atoms with Gasteiger partial charge in [0.2, 0.25) is 0 Å². The Labute approximate surface area is 195 Å². The number of pyridine rings is 1. The lowest BCUT2D eigenvalue weighted by Gasteiger charge is -2.34. The third-order valence-corrected chi connectivity index (χ3v) is 7.00. The number of aryl methyl sites for hydroxylation is 1. The highest BCUT2D eigenvalue weighted by Gasteiger charge is 2.32. The fourth-order valence-corrected chi connectivity index (χ4v) is 5.15. The molecule has 164 valence electrons. The molecule has 2 aliphatic rings. The van der Waals surface area contributed by atoms with Crippen molar-refractivity contribution in [3.63, 3.8) is 0 Å². The van der Waals surface area contributed by atoms with Crippen LogP contribution in [-0.2, 0) is 0 Å². The van der Waals surface area contributed by atoms with Crippen molar-refractivity contribution in [2.45, 2.75) is 38.6 Å². The molecular formula is C23H24BrN7O. The highest BCUT2D eigenvalue weighted by atomic mass is 79.9. The zero-order valence-corrected chi connectivity index (χ0v) is 19.5. The molecule has 3 aromatic rings. The van der Waals surface area contributed by atoms with E-state index in [1.54, 1.807) is 16.8 Å². The van der Waals surface area contributed by atoms with Crippen LogP contribution in [0, 0.1) is 24.2 Å². The average Bonchev–Trinajstić information content (AvgIpc) is 3.45. The number of fused-ring (bicyclic) bond motifs is 1. The fraction of sp³-hybridized carbons (Fsp3) is 0.435. The molecule has 0 aromatic carbocycles. The summed E-state index contributed by atoms with van der Waals surface area (Å²) in [4.78, 5) is 26.6. The molecule has 0 aliphatic carbocycles. The molecular weight excluding hydrogens is 470 g/mol. The highest BCUT2D eigenvalue weighted by Crippen LogP contribution is 2.33. The molecule has 32 heavy (non-hydrogen) atoms. The Hall–Kier alpha value is -2.99. The van der Waals surface area contributed by atoms with Crippen molar-refractivity contribution in [3.8, 4) is 6.07 Å². The second-order valence-electron chi connectivity index (χ2n) is 8.52. The molecule has 0 bridgehead atoms. The number of hydrogen-bond donors (Lipinski definition) is 0. The summed E-state index contributed by atoms with van der Waals surface area (Å²) in [6, 6.07) is 7.90. The van der Waals surface area contributed by atoms with Crippen LogP contribution in [0.25, 0.3) is 5.65 Å². The number of carbonyl (C=O) groups excluding carboxylic acids is 1. The van der Waals surface area contributed by atoms with E-state index in [0.29, 0.717) is 23.3 Å². The lowest BCUT2D eigenvalue weighted by molar-refractivity contribution is 0.0598. The maximum Gasteiger partial charge on any atom is 0.274 e. The van der Waals surface area contributed by atoms with E-state index in [-0.39, 0.29) is 17.9 Å². The van der Waals surface area contributed by atoms with E-state index in [1.807, 2.05) is 30.2 Å². The third kappa shape index (κ3) is 3.73. The van der Waals surface area contributed by atoms with Crippen molar-refractivity contribution in [2.75, 3.05) is 24.5 Å². The van der Waals surface area contributed by atoms with Crippen LogP contribution in [0.4, 0.5) is 5.82 Å². The SMILES string of the molecule is Cc1cn2nc([C@@H]3CCCCN3C(=O)c3ncccc3Br)cc2nc1N1CC[C@H](C#N)C1. The second-order valence-corrected chi connectivity index (χ2v) is 9.38. The van der Waals surface area contributed by atoms with Gasteiger partial charge in [0, 0.05) is 48.1 Å². The molecule has 0 radical (unpaired) electrons. The molecule has 0 spiro atoms. The van der Waals surface area contributed by atoms with Crippen molar-refractivity contribution in [3.05, 3.63) is 52.0 Å². The van der Waals surface area contributed by atoms with Crippen molar-refractivity contribution in [1.82, 2.24) is 24.5 Å². The predicted molar refractivity (Wildman–Crippen MR) is 123 cm³/mol. The standard InChI is InChI=1S/C23H24BrN7O/c1-15-13-31-20(27-22(15)29-10-7-16(12-25)14-29)11-18(28-31)19-6-2-3-9-30(19)23(32)21-17(24)5-4-8-26-21/h4-5,8,11,13,16,19H,2-3,6-7,9-10,14H2,1H3/t16-,19+/m1/s1. The maximum absolute atomic E-state index is 13.3. The van der Waals surface area contributed by atoms with Crippen molar-refractivity contribution in [1.29, 1.82) is 5.26 Å². The van der Waals surface area contributed by atoms with Crippen LogP contribution >= 0.6 is 15.9 Å². The molecule has 2 atom stereocenters. The minimum absolute atomic E-state index is 0.0561. The lowest BCUT2D eigenvalue weighted by atomic mass is 9.99. The number of rotatable bonds is 3. The first kappa shape index (κ1) is 20.9. The van der Waals surface area contributed by atoms with E-state index in [2.05, 4.69) is 31.9 Å². The van der Waals surface area contributed by atoms with E-state index >= 15 is 0 Å². The monoisotopic (exact) mass is 493 g/mol. The van der Waals surface area contributed by atoms with E-state index in [1.165, 1.54) is 0 Å². The normalized spacial score (nSPS) is 21.2. The number of nitriles is 1. The number of hydrogen-bond acceptors (Lipinski definition) is 6. The lowest BCUT2D eigenvalue weighted by Crippen LogP contribution is -2.39. The second kappa shape index (κ2) is 8.51. The zero-order chi connectivity index (χ0) is 22.2. The van der Waals surface area contributed by atoms with Gasteiger partial charge in [-0.05, 0) is 60.7 Å². The number of anilines is 1. The van der Waals surface area contributed by atoms with Crippen LogP contribution in [0.1, 0.15) is 53.5 Å². The van der Waals surface area contributed by atoms with Gasteiger partial charge in [-0.2, -0.15) is 10.4 Å². The summed E-state index contributed by atoms with van der Waals surface area (Å²) in [5.74, 6) is 0.889. The molecule has 2 saturated heterocycles. The number of carbonyl (C=O) groups is 1. The molecule has 1 amide bonds. The first-order valence-electron chi connectivity index (χ1n) is 11.0. The number of amides is 1. The average molecular weight is 494 g/mol. The molecule has 2 aliphatic heterocycles. The smallest absolute Gasteiger partial charge is 0.274 e. The molecule has 5 heterocycles. The van der Waals surface area contributed by atoms with Crippen molar-refractivity contribution >= 4 is 33.3 Å². The van der Waals surface area contributed by atoms with Gasteiger partial charge in [-0.15, -0.1) is 0 Å². The van der Waals surface area contributed by atoms with Gasteiger partial charge in [-0.25, -0.2) is 14.5 Å². The van der Waals surface area contributed by atoms with E-state index < -0.39 is 0 Å². The Balaban J connectivity index is 1.47. The van der Waals surface area contributed by atoms with Gasteiger partial charge < -0.3 is 9.80 Å². The summed E-state index contributed by atoms with van der Waals surface area (Å²) in [5, 5.41) is 14.0. The van der Waals surface area contributed by atoms with Gasteiger partial charge in [0.15, 0.2) is 5.65 Å². The first-order valence-corrected chi connectivity index (χ1v) is 11.8. The minimum Gasteiger partial charge on any atom is -0.355 e. The van der Waals surface area contributed by atoms with Gasteiger partial charge in [0.05, 0.1) is 23.7 Å². The highest BCUT2D eigenvalue weighted by molar-refractivity contribution is 9.10. The molecule has 9 heteroatoms. The molecule has 0 unspecified atom stereocenters. The quantitative estimate of drug-likeness (QED) is 0.549. The van der Waals surface area contributed by atoms with Crippen LogP contribution in [0.5, 0.6) is 0 Å². The summed E-state index contributed by atoms with van der Waals surface area (Å²) in [6.07, 6.45) is 7.39. The Morgan fingerprint density at radius 2 is 2.16 bits per heavy atom. The van der Waals surface area contributed by atoms with Gasteiger partial charge >= 0.3 is 0 Å². The van der Waals surface area contributed by atoms with Gasteiger partial charge in [0.1, 0.15) is 11.5 Å². The summed E-state index contributed by atoms with van der Waals surface area (Å²) in [6.45, 7) is 4.26.